The molecular formula is C17H23N5O4S. The van der Waals surface area contributed by atoms with Crippen LogP contribution in [-0.4, -0.2) is 46.5 Å². The topological polar surface area (TPSA) is 123 Å². The van der Waals surface area contributed by atoms with Crippen LogP contribution < -0.4 is 21.9 Å². The van der Waals surface area contributed by atoms with Crippen molar-refractivity contribution in [1.82, 2.24) is 14.5 Å². The average Bonchev–Trinajstić information content (AvgIpc) is 2.66. The SMILES string of the molecule is CCCn1c(N)c(N(CCOC)C(=O)CSc2ccccn2)c(=O)[nH]c1=O. The van der Waals surface area contributed by atoms with Crippen LogP contribution in [0.25, 0.3) is 0 Å². The van der Waals surface area contributed by atoms with Gasteiger partial charge in [-0.3, -0.25) is 19.1 Å². The van der Waals surface area contributed by atoms with E-state index in [1.807, 2.05) is 13.0 Å². The van der Waals surface area contributed by atoms with Gasteiger partial charge in [-0.2, -0.15) is 0 Å². The molecule has 0 radical (unpaired) electrons. The lowest BCUT2D eigenvalue weighted by atomic mass is 10.3. The molecule has 0 saturated heterocycles. The fraction of sp³-hybridized carbons (Fsp3) is 0.412. The van der Waals surface area contributed by atoms with Crippen LogP contribution >= 0.6 is 11.8 Å². The minimum Gasteiger partial charge on any atom is -0.383 e. The van der Waals surface area contributed by atoms with Crippen molar-refractivity contribution in [2.75, 3.05) is 36.6 Å². The number of nitrogens with two attached hydrogens (primary N) is 1. The molecule has 3 N–H and O–H groups in total. The first kappa shape index (κ1) is 20.7. The summed E-state index contributed by atoms with van der Waals surface area (Å²) in [6, 6.07) is 5.40. The zero-order valence-corrected chi connectivity index (χ0v) is 16.1. The smallest absolute Gasteiger partial charge is 0.330 e. The van der Waals surface area contributed by atoms with Crippen molar-refractivity contribution in [3.05, 3.63) is 45.2 Å². The Morgan fingerprint density at radius 3 is 2.81 bits per heavy atom. The van der Waals surface area contributed by atoms with Crippen molar-refractivity contribution in [2.45, 2.75) is 24.9 Å². The highest BCUT2D eigenvalue weighted by Gasteiger charge is 2.24. The molecule has 0 aliphatic heterocycles. The standard InChI is InChI=1S/C17H23N5O4S/c1-3-8-22-15(18)14(16(24)20-17(22)25)21(9-10-26-2)13(23)11-27-12-6-4-5-7-19-12/h4-7H,3,8-11,18H2,1-2H3,(H,20,24,25). The minimum absolute atomic E-state index is 0.0297. The molecule has 2 rings (SSSR count). The number of nitrogens with one attached hydrogen (secondary N) is 1. The monoisotopic (exact) mass is 393 g/mol. The van der Waals surface area contributed by atoms with Gasteiger partial charge in [-0.15, -0.1) is 0 Å². The molecule has 0 fully saturated rings. The summed E-state index contributed by atoms with van der Waals surface area (Å²) in [5, 5.41) is 0.690. The van der Waals surface area contributed by atoms with Crippen LogP contribution in [-0.2, 0) is 16.1 Å². The fourth-order valence-corrected chi connectivity index (χ4v) is 3.21. The first-order valence-electron chi connectivity index (χ1n) is 8.45. The van der Waals surface area contributed by atoms with Gasteiger partial charge >= 0.3 is 5.69 Å². The number of aromatic nitrogens is 3. The number of methoxy groups -OCH3 is 1. The van der Waals surface area contributed by atoms with Gasteiger partial charge < -0.3 is 15.4 Å². The van der Waals surface area contributed by atoms with E-state index in [2.05, 4.69) is 9.97 Å². The summed E-state index contributed by atoms with van der Waals surface area (Å²) in [6.07, 6.45) is 2.29. The van der Waals surface area contributed by atoms with Crippen LogP contribution in [0.4, 0.5) is 11.5 Å². The number of aromatic amines is 1. The molecule has 2 aromatic heterocycles. The summed E-state index contributed by atoms with van der Waals surface area (Å²) in [6.45, 7) is 2.57. The third-order valence-electron chi connectivity index (χ3n) is 3.73. The first-order chi connectivity index (χ1) is 13.0. The Morgan fingerprint density at radius 2 is 2.19 bits per heavy atom. The van der Waals surface area contributed by atoms with Crippen LogP contribution in [0, 0.1) is 0 Å². The fourth-order valence-electron chi connectivity index (χ4n) is 2.47. The van der Waals surface area contributed by atoms with Crippen molar-refractivity contribution in [3.63, 3.8) is 0 Å². The molecule has 0 bridgehead atoms. The van der Waals surface area contributed by atoms with Crippen LogP contribution in [0.1, 0.15) is 13.3 Å². The first-order valence-corrected chi connectivity index (χ1v) is 9.43. The highest BCUT2D eigenvalue weighted by molar-refractivity contribution is 7.99. The number of nitrogens with zero attached hydrogens (tertiary/aromatic N) is 3. The van der Waals surface area contributed by atoms with Crippen molar-refractivity contribution in [3.8, 4) is 0 Å². The summed E-state index contributed by atoms with van der Waals surface area (Å²) in [5.41, 5.74) is 4.75. The number of carbonyl (C=O) groups is 1. The zero-order valence-electron chi connectivity index (χ0n) is 15.3. The predicted octanol–water partition coefficient (Wildman–Crippen LogP) is 0.695. The molecule has 2 heterocycles. The summed E-state index contributed by atoms with van der Waals surface area (Å²) < 4.78 is 6.31. The van der Waals surface area contributed by atoms with Gasteiger partial charge in [0, 0.05) is 26.4 Å². The van der Waals surface area contributed by atoms with E-state index < -0.39 is 11.2 Å². The van der Waals surface area contributed by atoms with E-state index in [9.17, 15) is 14.4 Å². The molecule has 146 valence electrons. The lowest BCUT2D eigenvalue weighted by Gasteiger charge is -2.24. The number of rotatable bonds is 9. The molecule has 0 unspecified atom stereocenters. The molecule has 0 aromatic carbocycles. The lowest BCUT2D eigenvalue weighted by Crippen LogP contribution is -2.43. The molecule has 10 heteroatoms. The van der Waals surface area contributed by atoms with E-state index in [0.717, 1.165) is 0 Å². The molecule has 0 saturated carbocycles. The van der Waals surface area contributed by atoms with Gasteiger partial charge in [-0.25, -0.2) is 9.78 Å². The van der Waals surface area contributed by atoms with Gasteiger partial charge in [0.15, 0.2) is 5.69 Å². The van der Waals surface area contributed by atoms with Gasteiger partial charge in [-0.05, 0) is 18.6 Å². The van der Waals surface area contributed by atoms with E-state index in [4.69, 9.17) is 10.5 Å². The Morgan fingerprint density at radius 1 is 1.41 bits per heavy atom. The second kappa shape index (κ2) is 9.93. The van der Waals surface area contributed by atoms with Crippen LogP contribution in [0.15, 0.2) is 39.0 Å². The number of ether oxygens (including phenoxy) is 1. The van der Waals surface area contributed by atoms with Gasteiger partial charge in [0.05, 0.1) is 17.4 Å². The number of hydrogen-bond acceptors (Lipinski definition) is 7. The molecule has 1 amide bonds. The van der Waals surface area contributed by atoms with Crippen molar-refractivity contribution in [1.29, 1.82) is 0 Å². The van der Waals surface area contributed by atoms with Crippen molar-refractivity contribution >= 4 is 29.2 Å². The Labute approximate surface area is 160 Å². The normalized spacial score (nSPS) is 10.7. The van der Waals surface area contributed by atoms with Gasteiger partial charge in [0.1, 0.15) is 5.82 Å². The number of thioether (sulfide) groups is 1. The Kier molecular flexibility index (Phi) is 7.62. The second-order valence-corrected chi connectivity index (χ2v) is 6.64. The largest absolute Gasteiger partial charge is 0.383 e. The second-order valence-electron chi connectivity index (χ2n) is 5.64. The highest BCUT2D eigenvalue weighted by Crippen LogP contribution is 2.20. The molecule has 0 aliphatic carbocycles. The number of amides is 1. The van der Waals surface area contributed by atoms with Crippen LogP contribution in [0.2, 0.25) is 0 Å². The maximum atomic E-state index is 12.8. The number of H-pyrrole nitrogens is 1. The molecule has 9 nitrogen and oxygen atoms in total. The third kappa shape index (κ3) is 5.20. The zero-order chi connectivity index (χ0) is 19.8. The Hall–Kier alpha value is -2.59. The maximum Gasteiger partial charge on any atom is 0.330 e. The van der Waals surface area contributed by atoms with Gasteiger partial charge in [-0.1, -0.05) is 24.8 Å². The average molecular weight is 393 g/mol. The Bertz CT molecular complexity index is 881. The van der Waals surface area contributed by atoms with Gasteiger partial charge in [0.25, 0.3) is 5.56 Å². The molecule has 27 heavy (non-hydrogen) atoms. The molecular weight excluding hydrogens is 370 g/mol. The van der Waals surface area contributed by atoms with E-state index in [1.54, 1.807) is 18.3 Å². The van der Waals surface area contributed by atoms with E-state index in [0.29, 0.717) is 18.0 Å². The van der Waals surface area contributed by atoms with Crippen molar-refractivity contribution in [2.24, 2.45) is 0 Å². The molecule has 0 atom stereocenters. The lowest BCUT2D eigenvalue weighted by molar-refractivity contribution is -0.116. The Balaban J connectivity index is 2.35. The predicted molar refractivity (Wildman–Crippen MR) is 105 cm³/mol. The number of pyridine rings is 1. The summed E-state index contributed by atoms with van der Waals surface area (Å²) in [4.78, 5) is 44.9. The summed E-state index contributed by atoms with van der Waals surface area (Å²) in [5.74, 6) is -0.300. The van der Waals surface area contributed by atoms with Crippen molar-refractivity contribution < 1.29 is 9.53 Å². The van der Waals surface area contributed by atoms with Crippen LogP contribution in [0.5, 0.6) is 0 Å². The van der Waals surface area contributed by atoms with Gasteiger partial charge in [0.2, 0.25) is 5.91 Å². The third-order valence-corrected chi connectivity index (χ3v) is 4.66. The van der Waals surface area contributed by atoms with E-state index in [-0.39, 0.29) is 36.3 Å². The quantitative estimate of drug-likeness (QED) is 0.601. The number of anilines is 2. The minimum atomic E-state index is -0.697. The number of hydrogen-bond donors (Lipinski definition) is 2. The van der Waals surface area contributed by atoms with E-state index in [1.165, 1.54) is 28.3 Å². The van der Waals surface area contributed by atoms with E-state index >= 15 is 0 Å². The molecule has 0 spiro atoms. The summed E-state index contributed by atoms with van der Waals surface area (Å²) in [7, 11) is 1.50. The summed E-state index contributed by atoms with van der Waals surface area (Å²) >= 11 is 1.25. The highest BCUT2D eigenvalue weighted by atomic mass is 32.2. The molecule has 0 aliphatic rings. The number of nitrogen functional groups attached to an aromatic ring is 1. The maximum absolute atomic E-state index is 12.8. The molecule has 2 aromatic rings. The van der Waals surface area contributed by atoms with Crippen LogP contribution in [0.3, 0.4) is 0 Å². The number of carbonyl (C=O) groups excluding carboxylic acids is 1.